The summed E-state index contributed by atoms with van der Waals surface area (Å²) >= 11 is 0. The Morgan fingerprint density at radius 3 is 2.62 bits per heavy atom. The molecule has 0 spiro atoms. The Hall–Kier alpha value is -2.77. The smallest absolute Gasteiger partial charge is 0.405 e. The summed E-state index contributed by atoms with van der Waals surface area (Å²) in [6.07, 6.45) is -1.08. The first-order chi connectivity index (χ1) is 12.4. The van der Waals surface area contributed by atoms with Gasteiger partial charge in [-0.05, 0) is 31.0 Å². The van der Waals surface area contributed by atoms with Gasteiger partial charge < -0.3 is 15.0 Å². The molecule has 2 heterocycles. The van der Waals surface area contributed by atoms with Gasteiger partial charge >= 0.3 is 6.36 Å². The standard InChI is InChI=1S/C18H18F3N3O2/c19-18(20,21)26-15-8-2-1-6-13(15)12-23-17(25)14-7-5-9-22-16(14)24-10-3-4-11-24/h1-2,5-9H,3-4,10-12H2,(H,23,25). The van der Waals surface area contributed by atoms with E-state index in [9.17, 15) is 18.0 Å². The molecule has 1 aliphatic rings. The quantitative estimate of drug-likeness (QED) is 0.881. The fraction of sp³-hybridized carbons (Fsp3) is 0.333. The third-order valence-corrected chi connectivity index (χ3v) is 4.07. The number of anilines is 1. The Kier molecular flexibility index (Phi) is 5.29. The Morgan fingerprint density at radius 2 is 1.88 bits per heavy atom. The van der Waals surface area contributed by atoms with Crippen molar-refractivity contribution in [2.75, 3.05) is 18.0 Å². The highest BCUT2D eigenvalue weighted by atomic mass is 19.4. The van der Waals surface area contributed by atoms with Crippen LogP contribution in [-0.2, 0) is 6.54 Å². The van der Waals surface area contributed by atoms with Gasteiger partial charge in [0.2, 0.25) is 0 Å². The van der Waals surface area contributed by atoms with Gasteiger partial charge in [-0.2, -0.15) is 0 Å². The number of para-hydroxylation sites is 1. The molecule has 138 valence electrons. The zero-order valence-electron chi connectivity index (χ0n) is 13.9. The van der Waals surface area contributed by atoms with E-state index in [4.69, 9.17) is 0 Å². The Morgan fingerprint density at radius 1 is 1.15 bits per heavy atom. The van der Waals surface area contributed by atoms with Gasteiger partial charge in [-0.1, -0.05) is 18.2 Å². The average molecular weight is 365 g/mol. The molecule has 1 N–H and O–H groups in total. The molecule has 1 fully saturated rings. The van der Waals surface area contributed by atoms with E-state index in [-0.39, 0.29) is 23.8 Å². The number of pyridine rings is 1. The monoisotopic (exact) mass is 365 g/mol. The van der Waals surface area contributed by atoms with Crippen LogP contribution in [0.3, 0.4) is 0 Å². The van der Waals surface area contributed by atoms with Crippen molar-refractivity contribution < 1.29 is 22.7 Å². The topological polar surface area (TPSA) is 54.5 Å². The van der Waals surface area contributed by atoms with Crippen molar-refractivity contribution in [1.29, 1.82) is 0 Å². The molecule has 8 heteroatoms. The molecule has 3 rings (SSSR count). The molecule has 0 bridgehead atoms. The van der Waals surface area contributed by atoms with E-state index >= 15 is 0 Å². The molecule has 5 nitrogen and oxygen atoms in total. The summed E-state index contributed by atoms with van der Waals surface area (Å²) in [4.78, 5) is 18.9. The summed E-state index contributed by atoms with van der Waals surface area (Å²) in [5.74, 6) is -0.115. The van der Waals surface area contributed by atoms with Crippen molar-refractivity contribution in [2.24, 2.45) is 0 Å². The molecule has 0 aliphatic carbocycles. The summed E-state index contributed by atoms with van der Waals surface area (Å²) in [5.41, 5.74) is 0.647. The maximum atomic E-state index is 12.6. The normalized spacial score (nSPS) is 14.3. The summed E-state index contributed by atoms with van der Waals surface area (Å²) in [6.45, 7) is 1.58. The number of alkyl halides is 3. The maximum absolute atomic E-state index is 12.6. The molecule has 2 aromatic rings. The number of hydrogen-bond acceptors (Lipinski definition) is 4. The molecule has 1 amide bonds. The van der Waals surface area contributed by atoms with Crippen LogP contribution in [0.15, 0.2) is 42.6 Å². The van der Waals surface area contributed by atoms with Gasteiger partial charge in [-0.3, -0.25) is 4.79 Å². The summed E-state index contributed by atoms with van der Waals surface area (Å²) in [6, 6.07) is 9.05. The second-order valence-corrected chi connectivity index (χ2v) is 5.91. The molecule has 1 aliphatic heterocycles. The van der Waals surface area contributed by atoms with E-state index in [2.05, 4.69) is 15.0 Å². The van der Waals surface area contributed by atoms with E-state index in [1.807, 2.05) is 4.90 Å². The molecule has 0 saturated carbocycles. The van der Waals surface area contributed by atoms with E-state index < -0.39 is 6.36 Å². The minimum atomic E-state index is -4.79. The van der Waals surface area contributed by atoms with Crippen LogP contribution in [0.5, 0.6) is 5.75 Å². The first-order valence-corrected chi connectivity index (χ1v) is 8.26. The van der Waals surface area contributed by atoms with Crippen LogP contribution >= 0.6 is 0 Å². The van der Waals surface area contributed by atoms with E-state index in [1.165, 1.54) is 18.2 Å². The van der Waals surface area contributed by atoms with Crippen LogP contribution in [0.4, 0.5) is 19.0 Å². The number of benzene rings is 1. The second-order valence-electron chi connectivity index (χ2n) is 5.91. The highest BCUT2D eigenvalue weighted by molar-refractivity contribution is 5.98. The minimum absolute atomic E-state index is 0.0839. The number of hydrogen-bond donors (Lipinski definition) is 1. The summed E-state index contributed by atoms with van der Waals surface area (Å²) in [7, 11) is 0. The Labute approximate surface area is 148 Å². The summed E-state index contributed by atoms with van der Waals surface area (Å²) in [5, 5.41) is 2.65. The highest BCUT2D eigenvalue weighted by Gasteiger charge is 2.32. The number of nitrogens with one attached hydrogen (secondary N) is 1. The SMILES string of the molecule is O=C(NCc1ccccc1OC(F)(F)F)c1cccnc1N1CCCC1. The number of ether oxygens (including phenoxy) is 1. The van der Waals surface area contributed by atoms with Crippen molar-refractivity contribution in [3.8, 4) is 5.75 Å². The molecule has 26 heavy (non-hydrogen) atoms. The number of carbonyl (C=O) groups excluding carboxylic acids is 1. The van der Waals surface area contributed by atoms with Crippen molar-refractivity contribution in [1.82, 2.24) is 10.3 Å². The molecular formula is C18H18F3N3O2. The first-order valence-electron chi connectivity index (χ1n) is 8.26. The second kappa shape index (κ2) is 7.63. The van der Waals surface area contributed by atoms with Crippen molar-refractivity contribution >= 4 is 11.7 Å². The zero-order chi connectivity index (χ0) is 18.6. The highest BCUT2D eigenvalue weighted by Crippen LogP contribution is 2.26. The van der Waals surface area contributed by atoms with Crippen LogP contribution in [0, 0.1) is 0 Å². The van der Waals surface area contributed by atoms with Gasteiger partial charge in [0, 0.05) is 31.4 Å². The van der Waals surface area contributed by atoms with Gasteiger partial charge in [0.25, 0.3) is 5.91 Å². The van der Waals surface area contributed by atoms with Gasteiger partial charge in [0.1, 0.15) is 11.6 Å². The lowest BCUT2D eigenvalue weighted by atomic mass is 10.2. The van der Waals surface area contributed by atoms with Crippen molar-refractivity contribution in [3.63, 3.8) is 0 Å². The number of nitrogens with zero attached hydrogens (tertiary/aromatic N) is 2. The predicted octanol–water partition coefficient (Wildman–Crippen LogP) is 3.51. The number of carbonyl (C=O) groups is 1. The van der Waals surface area contributed by atoms with Crippen LogP contribution in [-0.4, -0.2) is 30.3 Å². The fourth-order valence-corrected chi connectivity index (χ4v) is 2.90. The Bertz CT molecular complexity index is 774. The fourth-order valence-electron chi connectivity index (χ4n) is 2.90. The van der Waals surface area contributed by atoms with Gasteiger partial charge in [0.05, 0.1) is 5.56 Å². The molecule has 0 unspecified atom stereocenters. The first kappa shape index (κ1) is 18.0. The lowest BCUT2D eigenvalue weighted by Gasteiger charge is -2.19. The lowest BCUT2D eigenvalue weighted by molar-refractivity contribution is -0.274. The molecule has 0 atom stereocenters. The number of halogens is 3. The maximum Gasteiger partial charge on any atom is 0.573 e. The lowest BCUT2D eigenvalue weighted by Crippen LogP contribution is -2.28. The number of amides is 1. The molecular weight excluding hydrogens is 347 g/mol. The van der Waals surface area contributed by atoms with Crippen LogP contribution in [0.1, 0.15) is 28.8 Å². The third-order valence-electron chi connectivity index (χ3n) is 4.07. The Balaban J connectivity index is 1.72. The zero-order valence-corrected chi connectivity index (χ0v) is 13.9. The van der Waals surface area contributed by atoms with Crippen LogP contribution in [0.2, 0.25) is 0 Å². The summed E-state index contributed by atoms with van der Waals surface area (Å²) < 4.78 is 41.5. The largest absolute Gasteiger partial charge is 0.573 e. The molecule has 1 saturated heterocycles. The third kappa shape index (κ3) is 4.44. The molecule has 1 aromatic carbocycles. The van der Waals surface area contributed by atoms with E-state index in [0.717, 1.165) is 25.9 Å². The van der Waals surface area contributed by atoms with E-state index in [0.29, 0.717) is 11.4 Å². The van der Waals surface area contributed by atoms with Crippen molar-refractivity contribution in [3.05, 3.63) is 53.7 Å². The number of aromatic nitrogens is 1. The van der Waals surface area contributed by atoms with Gasteiger partial charge in [-0.15, -0.1) is 13.2 Å². The molecule has 1 aromatic heterocycles. The van der Waals surface area contributed by atoms with Gasteiger partial charge in [-0.25, -0.2) is 4.98 Å². The van der Waals surface area contributed by atoms with Gasteiger partial charge in [0.15, 0.2) is 0 Å². The minimum Gasteiger partial charge on any atom is -0.405 e. The molecule has 0 radical (unpaired) electrons. The number of rotatable bonds is 5. The van der Waals surface area contributed by atoms with Crippen molar-refractivity contribution in [2.45, 2.75) is 25.7 Å². The van der Waals surface area contributed by atoms with Crippen LogP contribution in [0.25, 0.3) is 0 Å². The average Bonchev–Trinajstić information content (AvgIpc) is 3.14. The van der Waals surface area contributed by atoms with E-state index in [1.54, 1.807) is 24.4 Å². The predicted molar refractivity (Wildman–Crippen MR) is 90.0 cm³/mol. The van der Waals surface area contributed by atoms with Crippen LogP contribution < -0.4 is 15.0 Å².